The minimum absolute atomic E-state index is 0.266. The van der Waals surface area contributed by atoms with Gasteiger partial charge >= 0.3 is 11.9 Å². The molecule has 0 saturated carbocycles. The largest absolute Gasteiger partial charge is 0.507 e. The van der Waals surface area contributed by atoms with Crippen LogP contribution < -0.4 is 0 Å². The van der Waals surface area contributed by atoms with E-state index >= 15 is 0 Å². The molecule has 6 heteroatoms. The van der Waals surface area contributed by atoms with Crippen molar-refractivity contribution in [1.82, 2.24) is 4.90 Å². The molecule has 3 unspecified atom stereocenters. The SMILES string of the molecule is CCCC(Cc1cc(C(C)(C)C)c(O)c(C(C)(C)C)c1)OC(=O)C(C(=O)O)C1CCN(C)C(C)(C)C1(C)C. The quantitative estimate of drug-likeness (QED) is 0.287. The van der Waals surface area contributed by atoms with Crippen molar-refractivity contribution in [2.45, 2.75) is 124 Å². The van der Waals surface area contributed by atoms with Crippen molar-refractivity contribution in [2.75, 3.05) is 13.6 Å². The standard InChI is InChI=1S/C32H53NO5/c1-13-14-21(17-20-18-23(29(2,3)4)26(34)24(19-20)30(5,6)7)38-28(37)25(27(35)36)22-15-16-33(12)32(10,11)31(22,8)9/h18-19,21-22,25,34H,13-17H2,1-12H3,(H,35,36). The second-order valence-corrected chi connectivity index (χ2v) is 14.5. The molecule has 2 N–H and O–H groups in total. The molecule has 216 valence electrons. The second kappa shape index (κ2) is 11.2. The number of esters is 1. The Labute approximate surface area is 231 Å². The van der Waals surface area contributed by atoms with E-state index in [1.807, 2.05) is 19.1 Å². The number of nitrogens with zero attached hydrogens (tertiary/aromatic N) is 1. The Hall–Kier alpha value is -2.08. The zero-order valence-electron chi connectivity index (χ0n) is 26.0. The monoisotopic (exact) mass is 531 g/mol. The summed E-state index contributed by atoms with van der Waals surface area (Å²) in [6, 6.07) is 4.02. The van der Waals surface area contributed by atoms with E-state index in [9.17, 15) is 19.8 Å². The Kier molecular flexibility index (Phi) is 9.46. The summed E-state index contributed by atoms with van der Waals surface area (Å²) in [4.78, 5) is 28.4. The molecule has 3 atom stereocenters. The Morgan fingerprint density at radius 3 is 1.97 bits per heavy atom. The van der Waals surface area contributed by atoms with Crippen LogP contribution in [0.4, 0.5) is 0 Å². The average Bonchev–Trinajstić information content (AvgIpc) is 2.74. The van der Waals surface area contributed by atoms with Crippen molar-refractivity contribution >= 4 is 11.9 Å². The molecule has 0 spiro atoms. The number of rotatable bonds is 8. The first kappa shape index (κ1) is 32.1. The molecule has 0 aromatic heterocycles. The van der Waals surface area contributed by atoms with E-state index in [1.165, 1.54) is 0 Å². The van der Waals surface area contributed by atoms with Gasteiger partial charge in [-0.1, -0.05) is 80.9 Å². The number of likely N-dealkylation sites (tertiary alicyclic amines) is 1. The smallest absolute Gasteiger partial charge is 0.320 e. The van der Waals surface area contributed by atoms with Crippen LogP contribution in [0.5, 0.6) is 5.75 Å². The van der Waals surface area contributed by atoms with Crippen molar-refractivity contribution in [3.63, 3.8) is 0 Å². The third-order valence-electron chi connectivity index (χ3n) is 9.30. The van der Waals surface area contributed by atoms with Crippen molar-refractivity contribution in [1.29, 1.82) is 0 Å². The summed E-state index contributed by atoms with van der Waals surface area (Å²) in [6.45, 7) is 23.6. The van der Waals surface area contributed by atoms with E-state index in [-0.39, 0.29) is 22.3 Å². The van der Waals surface area contributed by atoms with Crippen molar-refractivity contribution in [3.8, 4) is 5.75 Å². The predicted molar refractivity (Wildman–Crippen MR) is 154 cm³/mol. The lowest BCUT2D eigenvalue weighted by Crippen LogP contribution is -2.62. The highest BCUT2D eigenvalue weighted by molar-refractivity contribution is 5.94. The van der Waals surface area contributed by atoms with E-state index in [1.54, 1.807) is 0 Å². The number of hydrogen-bond donors (Lipinski definition) is 2. The van der Waals surface area contributed by atoms with Crippen molar-refractivity contribution in [3.05, 3.63) is 28.8 Å². The lowest BCUT2D eigenvalue weighted by atomic mass is 9.58. The number of ether oxygens (including phenoxy) is 1. The molecule has 1 aliphatic heterocycles. The Balaban J connectivity index is 2.43. The van der Waals surface area contributed by atoms with E-state index < -0.39 is 29.4 Å². The molecule has 0 radical (unpaired) electrons. The fourth-order valence-electron chi connectivity index (χ4n) is 5.92. The number of phenols is 1. The van der Waals surface area contributed by atoms with Gasteiger partial charge in [0.1, 0.15) is 11.9 Å². The second-order valence-electron chi connectivity index (χ2n) is 14.5. The molecule has 1 aliphatic rings. The molecule has 1 saturated heterocycles. The zero-order valence-corrected chi connectivity index (χ0v) is 26.0. The number of hydrogen-bond acceptors (Lipinski definition) is 5. The summed E-state index contributed by atoms with van der Waals surface area (Å²) in [5.41, 5.74) is 1.49. The molecule has 0 bridgehead atoms. The summed E-state index contributed by atoms with van der Waals surface area (Å²) in [7, 11) is 2.05. The van der Waals surface area contributed by atoms with Crippen LogP contribution in [0.1, 0.15) is 112 Å². The molecule has 1 aromatic rings. The number of carbonyl (C=O) groups is 2. The van der Waals surface area contributed by atoms with Gasteiger partial charge in [0, 0.05) is 12.0 Å². The first-order chi connectivity index (χ1) is 17.2. The van der Waals surface area contributed by atoms with E-state index in [0.29, 0.717) is 25.0 Å². The van der Waals surface area contributed by atoms with Gasteiger partial charge in [0.15, 0.2) is 5.92 Å². The summed E-state index contributed by atoms with van der Waals surface area (Å²) in [5, 5.41) is 21.3. The molecule has 2 rings (SSSR count). The van der Waals surface area contributed by atoms with Crippen LogP contribution >= 0.6 is 0 Å². The third kappa shape index (κ3) is 6.55. The number of carboxylic acid groups (broad SMARTS) is 1. The van der Waals surface area contributed by atoms with E-state index in [2.05, 4.69) is 81.2 Å². The lowest BCUT2D eigenvalue weighted by molar-refractivity contribution is -0.174. The molecule has 0 amide bonds. The summed E-state index contributed by atoms with van der Waals surface area (Å²) < 4.78 is 6.05. The fraction of sp³-hybridized carbons (Fsp3) is 0.750. The minimum atomic E-state index is -1.22. The van der Waals surface area contributed by atoms with Gasteiger partial charge in [0.25, 0.3) is 0 Å². The highest BCUT2D eigenvalue weighted by Crippen LogP contribution is 2.50. The van der Waals surface area contributed by atoms with Crippen LogP contribution in [-0.4, -0.2) is 52.3 Å². The van der Waals surface area contributed by atoms with Gasteiger partial charge < -0.3 is 19.8 Å². The molecule has 1 fully saturated rings. The van der Waals surface area contributed by atoms with Crippen LogP contribution in [0, 0.1) is 17.3 Å². The molecule has 38 heavy (non-hydrogen) atoms. The number of aliphatic carboxylic acids is 1. The number of benzene rings is 1. The van der Waals surface area contributed by atoms with Gasteiger partial charge in [0.05, 0.1) is 0 Å². The highest BCUT2D eigenvalue weighted by Gasteiger charge is 2.55. The van der Waals surface area contributed by atoms with Crippen molar-refractivity contribution < 1.29 is 24.5 Å². The Morgan fingerprint density at radius 2 is 1.55 bits per heavy atom. The molecule has 6 nitrogen and oxygen atoms in total. The number of carbonyl (C=O) groups excluding carboxylic acids is 1. The van der Waals surface area contributed by atoms with Gasteiger partial charge in [-0.05, 0) is 79.1 Å². The van der Waals surface area contributed by atoms with Gasteiger partial charge in [-0.2, -0.15) is 0 Å². The average molecular weight is 532 g/mol. The predicted octanol–water partition coefficient (Wildman–Crippen LogP) is 6.70. The molecule has 0 aliphatic carbocycles. The maximum absolute atomic E-state index is 13.6. The van der Waals surface area contributed by atoms with E-state index in [4.69, 9.17) is 4.74 Å². The van der Waals surface area contributed by atoms with Crippen LogP contribution in [0.15, 0.2) is 12.1 Å². The highest BCUT2D eigenvalue weighted by atomic mass is 16.5. The van der Waals surface area contributed by atoms with Crippen LogP contribution in [0.3, 0.4) is 0 Å². The van der Waals surface area contributed by atoms with Crippen LogP contribution in [0.2, 0.25) is 0 Å². The molecule has 1 heterocycles. The first-order valence-corrected chi connectivity index (χ1v) is 14.2. The fourth-order valence-corrected chi connectivity index (χ4v) is 5.92. The number of carboxylic acids is 1. The third-order valence-corrected chi connectivity index (χ3v) is 9.30. The Bertz CT molecular complexity index is 977. The zero-order chi connectivity index (χ0) is 29.4. The number of phenolic OH excluding ortho intramolecular Hbond substituents is 1. The molecular formula is C32H53NO5. The maximum Gasteiger partial charge on any atom is 0.320 e. The minimum Gasteiger partial charge on any atom is -0.507 e. The van der Waals surface area contributed by atoms with Gasteiger partial charge in [-0.3, -0.25) is 9.59 Å². The first-order valence-electron chi connectivity index (χ1n) is 14.2. The van der Waals surface area contributed by atoms with E-state index in [0.717, 1.165) is 29.7 Å². The summed E-state index contributed by atoms with van der Waals surface area (Å²) >= 11 is 0. The topological polar surface area (TPSA) is 87.1 Å². The normalized spacial score (nSPS) is 21.5. The van der Waals surface area contributed by atoms with Gasteiger partial charge in [-0.25, -0.2) is 0 Å². The summed E-state index contributed by atoms with van der Waals surface area (Å²) in [6.07, 6.45) is 2.09. The van der Waals surface area contributed by atoms with Gasteiger partial charge in [0.2, 0.25) is 0 Å². The van der Waals surface area contributed by atoms with Crippen LogP contribution in [-0.2, 0) is 31.6 Å². The maximum atomic E-state index is 13.6. The summed E-state index contributed by atoms with van der Waals surface area (Å²) in [5.74, 6) is -2.99. The molecular weight excluding hydrogens is 478 g/mol. The number of piperidine rings is 1. The Morgan fingerprint density at radius 1 is 1.05 bits per heavy atom. The lowest BCUT2D eigenvalue weighted by Gasteiger charge is -2.57. The molecule has 1 aromatic carbocycles. The van der Waals surface area contributed by atoms with Crippen LogP contribution in [0.25, 0.3) is 0 Å². The van der Waals surface area contributed by atoms with Gasteiger partial charge in [-0.15, -0.1) is 0 Å². The number of aromatic hydroxyl groups is 1. The van der Waals surface area contributed by atoms with Crippen molar-refractivity contribution in [2.24, 2.45) is 17.3 Å².